The maximum atomic E-state index is 6.12. The molecule has 1 aromatic heterocycles. The second-order valence-corrected chi connectivity index (χ2v) is 8.14. The molecule has 2 saturated heterocycles. The molecule has 29 heavy (non-hydrogen) atoms. The lowest BCUT2D eigenvalue weighted by Gasteiger charge is -2.34. The number of aliphatic imine (C=N–C) groups is 1. The molecule has 2 fully saturated rings. The Morgan fingerprint density at radius 3 is 2.72 bits per heavy atom. The van der Waals surface area contributed by atoms with Crippen molar-refractivity contribution in [2.24, 2.45) is 4.99 Å². The van der Waals surface area contributed by atoms with Crippen molar-refractivity contribution < 1.29 is 14.0 Å². The van der Waals surface area contributed by atoms with Crippen LogP contribution in [0.15, 0.2) is 15.6 Å². The molecule has 7 heteroatoms. The summed E-state index contributed by atoms with van der Waals surface area (Å²) < 4.78 is 17.4. The number of aromatic nitrogens is 1. The van der Waals surface area contributed by atoms with E-state index in [1.165, 1.54) is 12.8 Å². The highest BCUT2D eigenvalue weighted by atomic mass is 16.5. The second-order valence-electron chi connectivity index (χ2n) is 8.14. The van der Waals surface area contributed by atoms with Crippen LogP contribution in [0, 0.1) is 0 Å². The molecule has 3 rings (SSSR count). The summed E-state index contributed by atoms with van der Waals surface area (Å²) in [6.07, 6.45) is 8.42. The van der Waals surface area contributed by atoms with Gasteiger partial charge in [0.2, 0.25) is 0 Å². The molecule has 164 valence electrons. The Kier molecular flexibility index (Phi) is 8.80. The number of hydrogen-bond donors (Lipinski definition) is 1. The quantitative estimate of drug-likeness (QED) is 0.524. The van der Waals surface area contributed by atoms with Gasteiger partial charge in [0.15, 0.2) is 11.7 Å². The zero-order valence-corrected chi connectivity index (χ0v) is 18.4. The minimum Gasteiger partial charge on any atom is -0.376 e. The van der Waals surface area contributed by atoms with E-state index in [1.54, 1.807) is 0 Å². The van der Waals surface area contributed by atoms with Gasteiger partial charge in [-0.05, 0) is 44.9 Å². The van der Waals surface area contributed by atoms with E-state index in [9.17, 15) is 0 Å². The average Bonchev–Trinajstić information content (AvgIpc) is 3.24. The summed E-state index contributed by atoms with van der Waals surface area (Å²) in [4.78, 5) is 6.75. The van der Waals surface area contributed by atoms with Crippen molar-refractivity contribution in [3.8, 4) is 0 Å². The van der Waals surface area contributed by atoms with Gasteiger partial charge in [-0.2, -0.15) is 0 Å². The Morgan fingerprint density at radius 2 is 2.07 bits per heavy atom. The van der Waals surface area contributed by atoms with E-state index in [1.807, 2.05) is 7.05 Å². The van der Waals surface area contributed by atoms with Gasteiger partial charge in [0.25, 0.3) is 0 Å². The van der Waals surface area contributed by atoms with Gasteiger partial charge in [0.1, 0.15) is 0 Å². The number of likely N-dealkylation sites (tertiary alicyclic amines) is 1. The minimum absolute atomic E-state index is 0.294. The Hall–Kier alpha value is -1.60. The topological polar surface area (TPSA) is 72.1 Å². The number of ether oxygens (including phenoxy) is 2. The Labute approximate surface area is 175 Å². The average molecular weight is 407 g/mol. The maximum Gasteiger partial charge on any atom is 0.194 e. The molecule has 2 aliphatic rings. The third kappa shape index (κ3) is 6.44. The van der Waals surface area contributed by atoms with Crippen molar-refractivity contribution in [3.05, 3.63) is 17.5 Å². The number of piperidine rings is 1. The van der Waals surface area contributed by atoms with Crippen LogP contribution in [-0.4, -0.2) is 61.6 Å². The molecule has 1 aromatic rings. The summed E-state index contributed by atoms with van der Waals surface area (Å²) >= 11 is 0. The fourth-order valence-corrected chi connectivity index (χ4v) is 4.23. The molecular weight excluding hydrogens is 368 g/mol. The molecule has 2 aliphatic heterocycles. The number of hydrogen-bond acceptors (Lipinski definition) is 5. The fourth-order valence-electron chi connectivity index (χ4n) is 4.23. The molecule has 0 saturated carbocycles. The van der Waals surface area contributed by atoms with Gasteiger partial charge < -0.3 is 24.2 Å². The van der Waals surface area contributed by atoms with Crippen LogP contribution in [-0.2, 0) is 16.0 Å². The summed E-state index contributed by atoms with van der Waals surface area (Å²) in [6.45, 7) is 8.52. The van der Waals surface area contributed by atoms with Gasteiger partial charge in [0.05, 0.1) is 31.1 Å². The highest BCUT2D eigenvalue weighted by Crippen LogP contribution is 2.22. The third-order valence-electron chi connectivity index (χ3n) is 6.15. The van der Waals surface area contributed by atoms with Crippen LogP contribution in [0.3, 0.4) is 0 Å². The first kappa shape index (κ1) is 22.1. The van der Waals surface area contributed by atoms with Gasteiger partial charge >= 0.3 is 0 Å². The van der Waals surface area contributed by atoms with E-state index in [0.29, 0.717) is 24.7 Å². The lowest BCUT2D eigenvalue weighted by Crippen LogP contribution is -2.47. The number of nitrogens with zero attached hydrogens (tertiary/aromatic N) is 3. The lowest BCUT2D eigenvalue weighted by molar-refractivity contribution is -0.0721. The molecule has 0 spiro atoms. The van der Waals surface area contributed by atoms with Gasteiger partial charge in [0, 0.05) is 38.7 Å². The van der Waals surface area contributed by atoms with Crippen LogP contribution in [0.4, 0.5) is 0 Å². The SMILES string of the molecule is CCC(CC)c1cc(CNC(=NC)N2CCC(OCC3CCCCO3)CC2)on1. The van der Waals surface area contributed by atoms with Crippen LogP contribution in [0.2, 0.25) is 0 Å². The zero-order chi connectivity index (χ0) is 20.5. The van der Waals surface area contributed by atoms with Gasteiger partial charge in [-0.25, -0.2) is 0 Å². The second kappa shape index (κ2) is 11.6. The van der Waals surface area contributed by atoms with Crippen molar-refractivity contribution in [3.63, 3.8) is 0 Å². The number of nitrogens with one attached hydrogen (secondary N) is 1. The molecule has 1 unspecified atom stereocenters. The standard InChI is InChI=1S/C22H38N4O3/c1-4-17(5-2)21-14-20(29-25-21)15-24-22(23-3)26-11-9-18(10-12-26)28-16-19-8-6-7-13-27-19/h14,17-19H,4-13,15-16H2,1-3H3,(H,23,24). The van der Waals surface area contributed by atoms with Gasteiger partial charge in [-0.15, -0.1) is 0 Å². The normalized spacial score (nSPS) is 21.7. The third-order valence-corrected chi connectivity index (χ3v) is 6.15. The first-order valence-electron chi connectivity index (χ1n) is 11.4. The first-order valence-corrected chi connectivity index (χ1v) is 11.4. The number of guanidine groups is 1. The molecule has 1 atom stereocenters. The monoisotopic (exact) mass is 406 g/mol. The Balaban J connectivity index is 1.40. The first-order chi connectivity index (χ1) is 14.2. The lowest BCUT2D eigenvalue weighted by atomic mass is 9.99. The summed E-state index contributed by atoms with van der Waals surface area (Å²) in [6, 6.07) is 2.07. The predicted molar refractivity (Wildman–Crippen MR) is 114 cm³/mol. The Bertz CT molecular complexity index is 615. The van der Waals surface area contributed by atoms with Crippen LogP contribution in [0.1, 0.15) is 76.2 Å². The molecule has 0 radical (unpaired) electrons. The van der Waals surface area contributed by atoms with Crippen LogP contribution < -0.4 is 5.32 Å². The van der Waals surface area contributed by atoms with Crippen LogP contribution in [0.5, 0.6) is 0 Å². The van der Waals surface area contributed by atoms with Crippen molar-refractivity contribution >= 4 is 5.96 Å². The van der Waals surface area contributed by atoms with Crippen molar-refractivity contribution in [2.75, 3.05) is 33.4 Å². The van der Waals surface area contributed by atoms with E-state index < -0.39 is 0 Å². The van der Waals surface area contributed by atoms with Crippen molar-refractivity contribution in [2.45, 2.75) is 83.5 Å². The zero-order valence-electron chi connectivity index (χ0n) is 18.4. The van der Waals surface area contributed by atoms with E-state index in [0.717, 1.165) is 75.8 Å². The largest absolute Gasteiger partial charge is 0.376 e. The van der Waals surface area contributed by atoms with Crippen molar-refractivity contribution in [1.29, 1.82) is 0 Å². The minimum atomic E-state index is 0.294. The number of rotatable bonds is 8. The molecule has 3 heterocycles. The molecule has 7 nitrogen and oxygen atoms in total. The van der Waals surface area contributed by atoms with Crippen LogP contribution in [0.25, 0.3) is 0 Å². The van der Waals surface area contributed by atoms with E-state index in [2.05, 4.69) is 40.3 Å². The predicted octanol–water partition coefficient (Wildman–Crippen LogP) is 3.70. The summed E-state index contributed by atoms with van der Waals surface area (Å²) in [5, 5.41) is 7.67. The Morgan fingerprint density at radius 1 is 1.28 bits per heavy atom. The highest BCUT2D eigenvalue weighted by Gasteiger charge is 2.24. The molecule has 0 aliphatic carbocycles. The summed E-state index contributed by atoms with van der Waals surface area (Å²) in [5.74, 6) is 2.25. The summed E-state index contributed by atoms with van der Waals surface area (Å²) in [5.41, 5.74) is 1.06. The van der Waals surface area contributed by atoms with Gasteiger partial charge in [-0.3, -0.25) is 4.99 Å². The highest BCUT2D eigenvalue weighted by molar-refractivity contribution is 5.79. The smallest absolute Gasteiger partial charge is 0.194 e. The van der Waals surface area contributed by atoms with E-state index >= 15 is 0 Å². The molecule has 0 bridgehead atoms. The molecule has 0 amide bonds. The van der Waals surface area contributed by atoms with Crippen molar-refractivity contribution in [1.82, 2.24) is 15.4 Å². The summed E-state index contributed by atoms with van der Waals surface area (Å²) in [7, 11) is 1.83. The molecule has 0 aromatic carbocycles. The fraction of sp³-hybridized carbons (Fsp3) is 0.818. The van der Waals surface area contributed by atoms with E-state index in [-0.39, 0.29) is 0 Å². The van der Waals surface area contributed by atoms with E-state index in [4.69, 9.17) is 14.0 Å². The molecule has 1 N–H and O–H groups in total. The van der Waals surface area contributed by atoms with Crippen LogP contribution >= 0.6 is 0 Å². The molecular formula is C22H38N4O3. The van der Waals surface area contributed by atoms with Gasteiger partial charge in [-0.1, -0.05) is 19.0 Å². The maximum absolute atomic E-state index is 6.12.